The minimum absolute atomic E-state index is 0.0932. The first-order chi connectivity index (χ1) is 13.2. The van der Waals surface area contributed by atoms with Gasteiger partial charge in [0.05, 0.1) is 11.4 Å². The van der Waals surface area contributed by atoms with Crippen molar-refractivity contribution in [2.24, 2.45) is 0 Å². The summed E-state index contributed by atoms with van der Waals surface area (Å²) >= 11 is 0. The molecule has 0 aliphatic rings. The van der Waals surface area contributed by atoms with Crippen LogP contribution in [0.1, 0.15) is 30.5 Å². The Morgan fingerprint density at radius 3 is 2.25 bits per heavy atom. The summed E-state index contributed by atoms with van der Waals surface area (Å²) in [7, 11) is -3.59. The number of benzene rings is 2. The van der Waals surface area contributed by atoms with E-state index in [0.717, 1.165) is 16.8 Å². The highest BCUT2D eigenvalue weighted by Crippen LogP contribution is 2.23. The molecule has 0 spiro atoms. The number of carbonyl (C=O) groups is 1. The van der Waals surface area contributed by atoms with Crippen LogP contribution in [0.15, 0.2) is 41.3 Å². The Morgan fingerprint density at radius 2 is 1.64 bits per heavy atom. The summed E-state index contributed by atoms with van der Waals surface area (Å²) in [6, 6.07) is 10.9. The van der Waals surface area contributed by atoms with Crippen LogP contribution in [0.3, 0.4) is 0 Å². The van der Waals surface area contributed by atoms with Gasteiger partial charge < -0.3 is 10.6 Å². The summed E-state index contributed by atoms with van der Waals surface area (Å²) in [6.07, 6.45) is 0. The summed E-state index contributed by atoms with van der Waals surface area (Å²) in [5.74, 6) is -0.241. The van der Waals surface area contributed by atoms with E-state index in [1.165, 1.54) is 10.4 Å². The standard InChI is InChI=1S/C21H29N3O3S/c1-6-24(7-2)28(26,27)20-13-18(10-9-16(20)4)23-21(25)14-22-19-11-8-15(3)12-17(19)5/h8-13,22H,6-7,14H2,1-5H3,(H,23,25). The second-order valence-corrected chi connectivity index (χ2v) is 8.70. The quantitative estimate of drug-likeness (QED) is 0.705. The van der Waals surface area contributed by atoms with Crippen LogP contribution in [0, 0.1) is 20.8 Å². The van der Waals surface area contributed by atoms with Gasteiger partial charge in [0.25, 0.3) is 0 Å². The van der Waals surface area contributed by atoms with E-state index in [9.17, 15) is 13.2 Å². The lowest BCUT2D eigenvalue weighted by Gasteiger charge is -2.20. The van der Waals surface area contributed by atoms with Crippen LogP contribution in [0.5, 0.6) is 0 Å². The molecule has 0 bridgehead atoms. The molecule has 2 rings (SSSR count). The fraction of sp³-hybridized carbons (Fsp3) is 0.381. The van der Waals surface area contributed by atoms with Crippen LogP contribution in [-0.4, -0.2) is 38.3 Å². The number of sulfonamides is 1. The molecule has 0 radical (unpaired) electrons. The second-order valence-electron chi connectivity index (χ2n) is 6.79. The monoisotopic (exact) mass is 403 g/mol. The molecule has 2 N–H and O–H groups in total. The van der Waals surface area contributed by atoms with Crippen molar-refractivity contribution >= 4 is 27.3 Å². The Bertz CT molecular complexity index is 951. The van der Waals surface area contributed by atoms with E-state index in [-0.39, 0.29) is 17.3 Å². The molecule has 0 aromatic heterocycles. The second kappa shape index (κ2) is 9.21. The van der Waals surface area contributed by atoms with Gasteiger partial charge in [-0.3, -0.25) is 4.79 Å². The first kappa shape index (κ1) is 21.9. The molecular formula is C21H29N3O3S. The Labute approximate surface area is 168 Å². The summed E-state index contributed by atoms with van der Waals surface area (Å²) in [5, 5.41) is 5.89. The van der Waals surface area contributed by atoms with Gasteiger partial charge in [0.2, 0.25) is 15.9 Å². The zero-order valence-corrected chi connectivity index (χ0v) is 18.0. The number of carbonyl (C=O) groups excluding carboxylic acids is 1. The van der Waals surface area contributed by atoms with E-state index in [0.29, 0.717) is 24.3 Å². The predicted molar refractivity (Wildman–Crippen MR) is 114 cm³/mol. The minimum Gasteiger partial charge on any atom is -0.376 e. The summed E-state index contributed by atoms with van der Waals surface area (Å²) in [4.78, 5) is 12.5. The number of anilines is 2. The topological polar surface area (TPSA) is 78.5 Å². The Kier molecular flexibility index (Phi) is 7.21. The molecule has 0 fully saturated rings. The molecule has 0 unspecified atom stereocenters. The van der Waals surface area contributed by atoms with Gasteiger partial charge in [-0.05, 0) is 50.1 Å². The Hall–Kier alpha value is -2.38. The molecule has 1 amide bonds. The van der Waals surface area contributed by atoms with Crippen molar-refractivity contribution in [1.82, 2.24) is 4.31 Å². The van der Waals surface area contributed by atoms with Crippen molar-refractivity contribution in [1.29, 1.82) is 0 Å². The Balaban J connectivity index is 2.13. The van der Waals surface area contributed by atoms with Crippen LogP contribution in [0.4, 0.5) is 11.4 Å². The van der Waals surface area contributed by atoms with Gasteiger partial charge in [-0.25, -0.2) is 8.42 Å². The maximum atomic E-state index is 12.8. The van der Waals surface area contributed by atoms with Crippen LogP contribution in [0.25, 0.3) is 0 Å². The number of aryl methyl sites for hydroxylation is 3. The van der Waals surface area contributed by atoms with Gasteiger partial charge in [0.15, 0.2) is 0 Å². The normalized spacial score (nSPS) is 11.5. The third-order valence-corrected chi connectivity index (χ3v) is 6.81. The maximum absolute atomic E-state index is 12.8. The van der Waals surface area contributed by atoms with E-state index in [1.54, 1.807) is 32.9 Å². The van der Waals surface area contributed by atoms with Gasteiger partial charge >= 0.3 is 0 Å². The minimum atomic E-state index is -3.59. The number of hydrogen-bond donors (Lipinski definition) is 2. The van der Waals surface area contributed by atoms with E-state index in [1.807, 2.05) is 32.0 Å². The van der Waals surface area contributed by atoms with Crippen molar-refractivity contribution in [3.63, 3.8) is 0 Å². The average Bonchev–Trinajstić information content (AvgIpc) is 2.63. The largest absolute Gasteiger partial charge is 0.376 e. The molecule has 7 heteroatoms. The number of hydrogen-bond acceptors (Lipinski definition) is 4. The highest BCUT2D eigenvalue weighted by molar-refractivity contribution is 7.89. The molecule has 6 nitrogen and oxygen atoms in total. The van der Waals surface area contributed by atoms with E-state index >= 15 is 0 Å². The molecular weight excluding hydrogens is 374 g/mol. The molecule has 2 aromatic rings. The lowest BCUT2D eigenvalue weighted by Crippen LogP contribution is -2.31. The molecule has 0 heterocycles. The van der Waals surface area contributed by atoms with Gasteiger partial charge in [0.1, 0.15) is 0 Å². The first-order valence-corrected chi connectivity index (χ1v) is 10.8. The van der Waals surface area contributed by atoms with Gasteiger partial charge in [-0.15, -0.1) is 0 Å². The Morgan fingerprint density at radius 1 is 0.964 bits per heavy atom. The smallest absolute Gasteiger partial charge is 0.243 e. The zero-order chi connectivity index (χ0) is 20.9. The molecule has 0 aliphatic heterocycles. The van der Waals surface area contributed by atoms with E-state index < -0.39 is 10.0 Å². The van der Waals surface area contributed by atoms with E-state index in [2.05, 4.69) is 10.6 Å². The lowest BCUT2D eigenvalue weighted by atomic mass is 10.1. The van der Waals surface area contributed by atoms with Crippen LogP contribution >= 0.6 is 0 Å². The van der Waals surface area contributed by atoms with Gasteiger partial charge in [0, 0.05) is 24.5 Å². The van der Waals surface area contributed by atoms with Gasteiger partial charge in [-0.2, -0.15) is 4.31 Å². The third-order valence-electron chi connectivity index (χ3n) is 4.62. The van der Waals surface area contributed by atoms with Crippen molar-refractivity contribution < 1.29 is 13.2 Å². The molecule has 0 saturated carbocycles. The molecule has 152 valence electrons. The van der Waals surface area contributed by atoms with Crippen molar-refractivity contribution in [3.8, 4) is 0 Å². The fourth-order valence-electron chi connectivity index (χ4n) is 3.05. The molecule has 0 aliphatic carbocycles. The van der Waals surface area contributed by atoms with Crippen LogP contribution < -0.4 is 10.6 Å². The predicted octanol–water partition coefficient (Wildman–Crippen LogP) is 3.69. The molecule has 28 heavy (non-hydrogen) atoms. The van der Waals surface area contributed by atoms with Crippen LogP contribution in [0.2, 0.25) is 0 Å². The third kappa shape index (κ3) is 5.11. The molecule has 0 atom stereocenters. The van der Waals surface area contributed by atoms with Crippen molar-refractivity contribution in [3.05, 3.63) is 53.1 Å². The fourth-order valence-corrected chi connectivity index (χ4v) is 4.76. The summed E-state index contributed by atoms with van der Waals surface area (Å²) in [6.45, 7) is 10.3. The average molecular weight is 404 g/mol. The number of amides is 1. The lowest BCUT2D eigenvalue weighted by molar-refractivity contribution is -0.114. The highest BCUT2D eigenvalue weighted by Gasteiger charge is 2.24. The number of nitrogens with one attached hydrogen (secondary N) is 2. The maximum Gasteiger partial charge on any atom is 0.243 e. The van der Waals surface area contributed by atoms with Crippen LogP contribution in [-0.2, 0) is 14.8 Å². The molecule has 0 saturated heterocycles. The summed E-state index contributed by atoms with van der Waals surface area (Å²) in [5.41, 5.74) is 4.24. The molecule has 2 aromatic carbocycles. The zero-order valence-electron chi connectivity index (χ0n) is 17.2. The SMILES string of the molecule is CCN(CC)S(=O)(=O)c1cc(NC(=O)CNc2ccc(C)cc2C)ccc1C. The van der Waals surface area contributed by atoms with E-state index in [4.69, 9.17) is 0 Å². The number of nitrogens with zero attached hydrogens (tertiary/aromatic N) is 1. The van der Waals surface area contributed by atoms with Gasteiger partial charge in [-0.1, -0.05) is 37.6 Å². The van der Waals surface area contributed by atoms with Crippen molar-refractivity contribution in [2.75, 3.05) is 30.3 Å². The van der Waals surface area contributed by atoms with Crippen molar-refractivity contribution in [2.45, 2.75) is 39.5 Å². The first-order valence-electron chi connectivity index (χ1n) is 9.40. The number of rotatable bonds is 8. The summed E-state index contributed by atoms with van der Waals surface area (Å²) < 4.78 is 27.1. The highest BCUT2D eigenvalue weighted by atomic mass is 32.2.